The van der Waals surface area contributed by atoms with Crippen molar-refractivity contribution < 1.29 is 4.74 Å². The van der Waals surface area contributed by atoms with Gasteiger partial charge in [-0.2, -0.15) is 0 Å². The Labute approximate surface area is 351 Å². The molecule has 2 heterocycles. The highest BCUT2D eigenvalue weighted by molar-refractivity contribution is 7.26. The van der Waals surface area contributed by atoms with Crippen molar-refractivity contribution >= 4 is 85.7 Å². The Balaban J connectivity index is 1.05. The highest BCUT2D eigenvalue weighted by Crippen LogP contribution is 2.51. The van der Waals surface area contributed by atoms with Crippen LogP contribution in [-0.2, 0) is 0 Å². The van der Waals surface area contributed by atoms with Crippen LogP contribution in [0.5, 0.6) is 5.75 Å². The number of para-hydroxylation sites is 1. The summed E-state index contributed by atoms with van der Waals surface area (Å²) in [6.07, 6.45) is 5.49. The molecule has 11 aromatic rings. The first kappa shape index (κ1) is 33.7. The number of allylic oxidation sites excluding steroid dienone is 2. The van der Waals surface area contributed by atoms with Crippen molar-refractivity contribution in [3.63, 3.8) is 0 Å². The lowest BCUT2D eigenvalue weighted by molar-refractivity contribution is 0.281. The van der Waals surface area contributed by atoms with E-state index in [1.807, 2.05) is 11.3 Å². The Hall–Kier alpha value is -7.26. The SMILES string of the molecule is C1=C(c2c3ccccc3c(-c3cccc4sc5ccc(-c6c7ccccc7c(-c7ccccc7)c7ccccc67)cc5c34)c3ccccc23)CC2Oc3ccccc3C2=C1. The van der Waals surface area contributed by atoms with Crippen molar-refractivity contribution in [1.82, 2.24) is 0 Å². The maximum absolute atomic E-state index is 6.57. The summed E-state index contributed by atoms with van der Waals surface area (Å²) < 4.78 is 9.17. The van der Waals surface area contributed by atoms with E-state index in [0.717, 1.165) is 12.2 Å². The molecule has 0 saturated heterocycles. The van der Waals surface area contributed by atoms with Crippen molar-refractivity contribution in [2.75, 3.05) is 0 Å². The smallest absolute Gasteiger partial charge is 0.128 e. The van der Waals surface area contributed by atoms with E-state index >= 15 is 0 Å². The number of benzene rings is 10. The molecule has 1 atom stereocenters. The van der Waals surface area contributed by atoms with Crippen LogP contribution >= 0.6 is 11.3 Å². The van der Waals surface area contributed by atoms with Gasteiger partial charge in [0.1, 0.15) is 11.9 Å². The summed E-state index contributed by atoms with van der Waals surface area (Å²) in [7, 11) is 0. The Morgan fingerprint density at radius 1 is 0.383 bits per heavy atom. The summed E-state index contributed by atoms with van der Waals surface area (Å²) in [6, 6.07) is 69.4. The fourth-order valence-corrected chi connectivity index (χ4v) is 11.6. The maximum atomic E-state index is 6.57. The van der Waals surface area contributed by atoms with Gasteiger partial charge in [0, 0.05) is 37.7 Å². The van der Waals surface area contributed by atoms with Crippen molar-refractivity contribution in [3.05, 3.63) is 211 Å². The molecule has 0 amide bonds. The van der Waals surface area contributed by atoms with E-state index in [1.54, 1.807) is 0 Å². The highest BCUT2D eigenvalue weighted by Gasteiger charge is 2.32. The third-order valence-electron chi connectivity index (χ3n) is 13.0. The molecule has 280 valence electrons. The van der Waals surface area contributed by atoms with E-state index in [-0.39, 0.29) is 6.10 Å². The van der Waals surface area contributed by atoms with E-state index in [2.05, 4.69) is 200 Å². The first-order valence-corrected chi connectivity index (χ1v) is 21.7. The van der Waals surface area contributed by atoms with Crippen molar-refractivity contribution in [3.8, 4) is 39.1 Å². The van der Waals surface area contributed by atoms with Gasteiger partial charge in [0.2, 0.25) is 0 Å². The second-order valence-corrected chi connectivity index (χ2v) is 17.2. The van der Waals surface area contributed by atoms with Crippen LogP contribution in [0.3, 0.4) is 0 Å². The van der Waals surface area contributed by atoms with Gasteiger partial charge in [0.05, 0.1) is 0 Å². The second kappa shape index (κ2) is 13.1. The molecule has 2 aliphatic rings. The zero-order valence-electron chi connectivity index (χ0n) is 32.7. The van der Waals surface area contributed by atoms with Gasteiger partial charge >= 0.3 is 0 Å². The van der Waals surface area contributed by atoms with E-state index < -0.39 is 0 Å². The Bertz CT molecular complexity index is 3550. The van der Waals surface area contributed by atoms with Crippen molar-refractivity contribution in [2.45, 2.75) is 12.5 Å². The molecule has 60 heavy (non-hydrogen) atoms. The van der Waals surface area contributed by atoms with Gasteiger partial charge in [-0.25, -0.2) is 0 Å². The number of ether oxygens (including phenoxy) is 1. The average molecular weight is 781 g/mol. The molecule has 13 rings (SSSR count). The predicted octanol–water partition coefficient (Wildman–Crippen LogP) is 16.3. The molecule has 1 aromatic heterocycles. The minimum absolute atomic E-state index is 0.0171. The van der Waals surface area contributed by atoms with Crippen LogP contribution in [0.25, 0.3) is 108 Å². The number of fused-ring (bicyclic) bond motifs is 10. The van der Waals surface area contributed by atoms with E-state index in [0.29, 0.717) is 0 Å². The highest BCUT2D eigenvalue weighted by atomic mass is 32.1. The first-order chi connectivity index (χ1) is 29.8. The molecule has 0 N–H and O–H groups in total. The van der Waals surface area contributed by atoms with Gasteiger partial charge in [-0.15, -0.1) is 11.3 Å². The van der Waals surface area contributed by atoms with Crippen LogP contribution in [0.15, 0.2) is 200 Å². The molecule has 0 radical (unpaired) electrons. The number of thiophene rings is 1. The Morgan fingerprint density at radius 2 is 0.917 bits per heavy atom. The molecule has 10 aromatic carbocycles. The largest absolute Gasteiger partial charge is 0.485 e. The van der Waals surface area contributed by atoms with Crippen LogP contribution in [0, 0.1) is 0 Å². The lowest BCUT2D eigenvalue weighted by Crippen LogP contribution is -2.15. The van der Waals surface area contributed by atoms with Gasteiger partial charge in [0.25, 0.3) is 0 Å². The maximum Gasteiger partial charge on any atom is 0.128 e. The van der Waals surface area contributed by atoms with E-state index in [1.165, 1.54) is 119 Å². The standard InChI is InChI=1S/C58H36OS/c1-2-15-35(16-3-1)54-40-18-4-6-20-42(40)55(43-21-7-5-19-41(43)54)36-30-32-52-49(33-36)58-48(26-14-28-53(58)60-52)57-46-24-10-8-22-44(46)56(45-23-9-11-25-47(45)57)37-29-31-39-38-17-12-13-27-50(38)59-51(39)34-37/h1-33,51H,34H2. The number of hydrogen-bond donors (Lipinski definition) is 0. The van der Waals surface area contributed by atoms with Gasteiger partial charge in [-0.3, -0.25) is 0 Å². The van der Waals surface area contributed by atoms with Crippen molar-refractivity contribution in [1.29, 1.82) is 0 Å². The Kier molecular flexibility index (Phi) is 7.37. The zero-order valence-corrected chi connectivity index (χ0v) is 33.5. The van der Waals surface area contributed by atoms with Crippen LogP contribution in [0.2, 0.25) is 0 Å². The summed E-state index contributed by atoms with van der Waals surface area (Å²) in [4.78, 5) is 0. The zero-order chi connectivity index (χ0) is 39.3. The predicted molar refractivity (Wildman–Crippen MR) is 257 cm³/mol. The molecule has 1 aliphatic carbocycles. The molecular weight excluding hydrogens is 745 g/mol. The molecule has 2 heteroatoms. The van der Waals surface area contributed by atoms with Crippen molar-refractivity contribution in [2.24, 2.45) is 0 Å². The van der Waals surface area contributed by atoms with Gasteiger partial charge in [-0.1, -0.05) is 176 Å². The number of hydrogen-bond acceptors (Lipinski definition) is 2. The van der Waals surface area contributed by atoms with Gasteiger partial charge < -0.3 is 4.74 Å². The minimum Gasteiger partial charge on any atom is -0.485 e. The fraction of sp³-hybridized carbons (Fsp3) is 0.0345. The third kappa shape index (κ3) is 4.92. The summed E-state index contributed by atoms with van der Waals surface area (Å²) in [6.45, 7) is 0. The summed E-state index contributed by atoms with van der Waals surface area (Å²) >= 11 is 1.89. The lowest BCUT2D eigenvalue weighted by Gasteiger charge is -2.23. The van der Waals surface area contributed by atoms with Crippen LogP contribution in [0.1, 0.15) is 17.5 Å². The minimum atomic E-state index is 0.0171. The molecule has 0 saturated carbocycles. The summed E-state index contributed by atoms with van der Waals surface area (Å²) in [5.74, 6) is 0.985. The van der Waals surface area contributed by atoms with Crippen LogP contribution < -0.4 is 4.74 Å². The fourth-order valence-electron chi connectivity index (χ4n) is 10.5. The molecule has 0 spiro atoms. The van der Waals surface area contributed by atoms with Crippen LogP contribution in [0.4, 0.5) is 0 Å². The Morgan fingerprint density at radius 3 is 1.57 bits per heavy atom. The van der Waals surface area contributed by atoms with E-state index in [4.69, 9.17) is 4.74 Å². The molecular formula is C58H36OS. The first-order valence-electron chi connectivity index (χ1n) is 20.8. The molecule has 1 nitrogen and oxygen atoms in total. The van der Waals surface area contributed by atoms with Gasteiger partial charge in [0.15, 0.2) is 0 Å². The van der Waals surface area contributed by atoms with Gasteiger partial charge in [-0.05, 0) is 112 Å². The lowest BCUT2D eigenvalue weighted by atomic mass is 9.81. The summed E-state index contributed by atoms with van der Waals surface area (Å²) in [5.41, 5.74) is 12.7. The number of rotatable bonds is 4. The molecule has 0 fully saturated rings. The summed E-state index contributed by atoms with van der Waals surface area (Å²) in [5, 5.41) is 12.8. The third-order valence-corrected chi connectivity index (χ3v) is 14.1. The molecule has 1 unspecified atom stereocenters. The quantitative estimate of drug-likeness (QED) is 0.162. The second-order valence-electron chi connectivity index (χ2n) is 16.2. The average Bonchev–Trinajstić information content (AvgIpc) is 3.88. The monoisotopic (exact) mass is 780 g/mol. The normalized spacial score (nSPS) is 14.8. The molecule has 1 aliphatic heterocycles. The molecule has 0 bridgehead atoms. The van der Waals surface area contributed by atoms with E-state index in [9.17, 15) is 0 Å². The topological polar surface area (TPSA) is 9.23 Å². The van der Waals surface area contributed by atoms with Crippen LogP contribution in [-0.4, -0.2) is 6.10 Å².